The van der Waals surface area contributed by atoms with E-state index in [-0.39, 0.29) is 18.8 Å². The van der Waals surface area contributed by atoms with Gasteiger partial charge in [0.05, 0.1) is 13.2 Å². The van der Waals surface area contributed by atoms with Crippen LogP contribution in [0.1, 0.15) is 116 Å². The smallest absolute Gasteiger partial charge is 0.322 e. The Hall–Kier alpha value is -1.62. The molecule has 0 aromatic heterocycles. The average Bonchev–Trinajstić information content (AvgIpc) is 2.79. The fourth-order valence-corrected chi connectivity index (χ4v) is 3.48. The van der Waals surface area contributed by atoms with Crippen molar-refractivity contribution in [3.8, 4) is 0 Å². The van der Waals surface area contributed by atoms with Crippen molar-refractivity contribution < 1.29 is 19.1 Å². The van der Waals surface area contributed by atoms with Crippen LogP contribution >= 0.6 is 0 Å². The molecular weight excluding hydrogens is 402 g/mol. The highest BCUT2D eigenvalue weighted by atomic mass is 16.5. The predicted molar refractivity (Wildman–Crippen MR) is 133 cm³/mol. The highest BCUT2D eigenvalue weighted by Crippen LogP contribution is 2.10. The Morgan fingerprint density at radius 3 is 1.53 bits per heavy atom. The molecule has 0 amide bonds. The molecule has 0 bridgehead atoms. The maximum absolute atomic E-state index is 11.9. The Kier molecular flexibility index (Phi) is 22.8. The molecule has 0 spiro atoms. The maximum Gasteiger partial charge on any atom is 0.322 e. The first-order valence-corrected chi connectivity index (χ1v) is 12.9. The van der Waals surface area contributed by atoms with Gasteiger partial charge in [-0.05, 0) is 44.9 Å². The standard InChI is InChI=1S/C27H49NO4/c1-3-5-7-9-11-13-15-17-19-23-31-26(29)22-21-25(28)27(30)32-24-20-18-16-14-12-10-8-6-4-2/h3-4,25H,1-2,5-24,28H2/t25-/m0/s1. The summed E-state index contributed by atoms with van der Waals surface area (Å²) in [5.41, 5.74) is 5.84. The minimum absolute atomic E-state index is 0.158. The van der Waals surface area contributed by atoms with Gasteiger partial charge in [0.2, 0.25) is 0 Å². The zero-order chi connectivity index (χ0) is 23.7. The van der Waals surface area contributed by atoms with Crippen LogP contribution in [-0.2, 0) is 19.1 Å². The van der Waals surface area contributed by atoms with Crippen molar-refractivity contribution in [2.45, 2.75) is 122 Å². The molecule has 2 N–H and O–H groups in total. The monoisotopic (exact) mass is 451 g/mol. The van der Waals surface area contributed by atoms with Gasteiger partial charge in [0.25, 0.3) is 0 Å². The average molecular weight is 452 g/mol. The quantitative estimate of drug-likeness (QED) is 0.0992. The molecule has 0 aromatic carbocycles. The molecule has 0 aromatic rings. The van der Waals surface area contributed by atoms with Crippen LogP contribution in [-0.4, -0.2) is 31.2 Å². The summed E-state index contributed by atoms with van der Waals surface area (Å²) in [6, 6.07) is -0.756. The van der Waals surface area contributed by atoms with Crippen molar-refractivity contribution in [1.29, 1.82) is 0 Å². The molecule has 0 rings (SSSR count). The number of unbranched alkanes of at least 4 members (excludes halogenated alkanes) is 14. The minimum Gasteiger partial charge on any atom is -0.466 e. The molecule has 0 unspecified atom stereocenters. The van der Waals surface area contributed by atoms with Gasteiger partial charge in [-0.2, -0.15) is 0 Å². The van der Waals surface area contributed by atoms with Crippen LogP contribution in [0.25, 0.3) is 0 Å². The first kappa shape index (κ1) is 30.4. The van der Waals surface area contributed by atoms with E-state index in [4.69, 9.17) is 15.2 Å². The third-order valence-electron chi connectivity index (χ3n) is 5.57. The molecule has 0 radical (unpaired) electrons. The van der Waals surface area contributed by atoms with E-state index in [2.05, 4.69) is 13.2 Å². The fraction of sp³-hybridized carbons (Fsp3) is 0.778. The normalized spacial score (nSPS) is 11.7. The number of nitrogens with two attached hydrogens (primary N) is 1. The summed E-state index contributed by atoms with van der Waals surface area (Å²) in [7, 11) is 0. The predicted octanol–water partition coefficient (Wildman–Crippen LogP) is 6.79. The number of hydrogen-bond acceptors (Lipinski definition) is 5. The molecule has 32 heavy (non-hydrogen) atoms. The fourth-order valence-electron chi connectivity index (χ4n) is 3.48. The second kappa shape index (κ2) is 24.0. The molecule has 0 heterocycles. The van der Waals surface area contributed by atoms with Gasteiger partial charge in [0, 0.05) is 6.42 Å². The van der Waals surface area contributed by atoms with Crippen molar-refractivity contribution in [3.63, 3.8) is 0 Å². The van der Waals surface area contributed by atoms with Crippen LogP contribution in [0.15, 0.2) is 25.3 Å². The zero-order valence-corrected chi connectivity index (χ0v) is 20.5. The number of rotatable bonds is 24. The van der Waals surface area contributed by atoms with Gasteiger partial charge in [0.15, 0.2) is 0 Å². The molecule has 0 fully saturated rings. The molecule has 0 saturated carbocycles. The minimum atomic E-state index is -0.756. The maximum atomic E-state index is 11.9. The number of carbonyl (C=O) groups excluding carboxylic acids is 2. The van der Waals surface area contributed by atoms with Crippen LogP contribution < -0.4 is 5.73 Å². The molecular formula is C27H49NO4. The van der Waals surface area contributed by atoms with E-state index in [9.17, 15) is 9.59 Å². The van der Waals surface area contributed by atoms with Gasteiger partial charge >= 0.3 is 11.9 Å². The number of ether oxygens (including phenoxy) is 2. The van der Waals surface area contributed by atoms with E-state index in [1.165, 1.54) is 64.2 Å². The molecule has 1 atom stereocenters. The molecule has 5 nitrogen and oxygen atoms in total. The van der Waals surface area contributed by atoms with Crippen LogP contribution in [0.3, 0.4) is 0 Å². The molecule has 0 aliphatic rings. The summed E-state index contributed by atoms with van der Waals surface area (Å²) in [5.74, 6) is -0.707. The first-order chi connectivity index (χ1) is 15.6. The van der Waals surface area contributed by atoms with E-state index in [0.29, 0.717) is 13.2 Å². The van der Waals surface area contributed by atoms with E-state index < -0.39 is 12.0 Å². The van der Waals surface area contributed by atoms with Gasteiger partial charge in [-0.15, -0.1) is 13.2 Å². The van der Waals surface area contributed by atoms with Gasteiger partial charge in [-0.1, -0.05) is 76.4 Å². The summed E-state index contributed by atoms with van der Waals surface area (Å²) < 4.78 is 10.5. The lowest BCUT2D eigenvalue weighted by Gasteiger charge is -2.11. The van der Waals surface area contributed by atoms with Crippen LogP contribution in [0, 0.1) is 0 Å². The van der Waals surface area contributed by atoms with Crippen LogP contribution in [0.2, 0.25) is 0 Å². The summed E-state index contributed by atoms with van der Waals surface area (Å²) in [5, 5.41) is 0. The summed E-state index contributed by atoms with van der Waals surface area (Å²) in [6.07, 6.45) is 22.8. The second-order valence-corrected chi connectivity index (χ2v) is 8.64. The Labute approximate surface area is 197 Å². The zero-order valence-electron chi connectivity index (χ0n) is 20.5. The highest BCUT2D eigenvalue weighted by Gasteiger charge is 2.17. The third-order valence-corrected chi connectivity index (χ3v) is 5.57. The highest BCUT2D eigenvalue weighted by molar-refractivity contribution is 5.77. The largest absolute Gasteiger partial charge is 0.466 e. The molecule has 0 saturated heterocycles. The lowest BCUT2D eigenvalue weighted by Crippen LogP contribution is -2.33. The SMILES string of the molecule is C=CCCCCCCCCCOC(=O)CC[C@H](N)C(=O)OCCCCCCCCCC=C. The second-order valence-electron chi connectivity index (χ2n) is 8.64. The number of allylic oxidation sites excluding steroid dienone is 2. The Balaban J connectivity index is 3.48. The lowest BCUT2D eigenvalue weighted by atomic mass is 10.1. The van der Waals surface area contributed by atoms with Crippen molar-refractivity contribution in [1.82, 2.24) is 0 Å². The van der Waals surface area contributed by atoms with Crippen molar-refractivity contribution in [2.75, 3.05) is 13.2 Å². The summed E-state index contributed by atoms with van der Waals surface area (Å²) >= 11 is 0. The first-order valence-electron chi connectivity index (χ1n) is 12.9. The molecule has 0 aliphatic carbocycles. The lowest BCUT2D eigenvalue weighted by molar-refractivity contribution is -0.146. The van der Waals surface area contributed by atoms with E-state index in [1.807, 2.05) is 12.2 Å². The van der Waals surface area contributed by atoms with Gasteiger partial charge < -0.3 is 15.2 Å². The topological polar surface area (TPSA) is 78.6 Å². The molecule has 5 heteroatoms. The van der Waals surface area contributed by atoms with Crippen molar-refractivity contribution in [3.05, 3.63) is 25.3 Å². The Bertz CT molecular complexity index is 478. The van der Waals surface area contributed by atoms with Crippen molar-refractivity contribution >= 4 is 11.9 Å². The number of carbonyl (C=O) groups is 2. The van der Waals surface area contributed by atoms with Crippen LogP contribution in [0.5, 0.6) is 0 Å². The Morgan fingerprint density at radius 1 is 0.656 bits per heavy atom. The van der Waals surface area contributed by atoms with E-state index in [0.717, 1.165) is 38.5 Å². The Morgan fingerprint density at radius 2 is 1.06 bits per heavy atom. The van der Waals surface area contributed by atoms with Gasteiger partial charge in [0.1, 0.15) is 6.04 Å². The molecule has 0 aliphatic heterocycles. The van der Waals surface area contributed by atoms with Gasteiger partial charge in [-0.3, -0.25) is 9.59 Å². The van der Waals surface area contributed by atoms with Gasteiger partial charge in [-0.25, -0.2) is 0 Å². The number of hydrogen-bond donors (Lipinski definition) is 1. The van der Waals surface area contributed by atoms with E-state index >= 15 is 0 Å². The van der Waals surface area contributed by atoms with Crippen LogP contribution in [0.4, 0.5) is 0 Å². The van der Waals surface area contributed by atoms with Crippen molar-refractivity contribution in [2.24, 2.45) is 5.73 Å². The number of esters is 2. The summed E-state index contributed by atoms with van der Waals surface area (Å²) in [6.45, 7) is 8.32. The molecule has 186 valence electrons. The summed E-state index contributed by atoms with van der Waals surface area (Å²) in [4.78, 5) is 23.7. The third kappa shape index (κ3) is 21.6. The van der Waals surface area contributed by atoms with E-state index in [1.54, 1.807) is 0 Å².